The Morgan fingerprint density at radius 2 is 2.18 bits per heavy atom. The number of rotatable bonds is 5. The Labute approximate surface area is 104 Å². The molecule has 1 aromatic carbocycles. The van der Waals surface area contributed by atoms with E-state index in [1.165, 1.54) is 11.3 Å². The number of hydrogen-bond donors (Lipinski definition) is 1. The minimum atomic E-state index is -0.874. The monoisotopic (exact) mass is 250 g/mol. The van der Waals surface area contributed by atoms with Gasteiger partial charge in [-0.3, -0.25) is 0 Å². The maximum atomic E-state index is 11.2. The van der Waals surface area contributed by atoms with E-state index in [1.54, 1.807) is 0 Å². The molecule has 0 atom stereocenters. The average Bonchev–Trinajstić information content (AvgIpc) is 2.69. The first-order valence-corrected chi connectivity index (χ1v) is 6.37. The molecule has 2 aromatic rings. The number of aromatic carboxylic acids is 1. The molecule has 0 spiro atoms. The summed E-state index contributed by atoms with van der Waals surface area (Å²) in [5.74, 6) is -0.874. The van der Waals surface area contributed by atoms with E-state index < -0.39 is 5.97 Å². The molecule has 90 valence electrons. The van der Waals surface area contributed by atoms with Gasteiger partial charge in [0, 0.05) is 16.9 Å². The van der Waals surface area contributed by atoms with Gasteiger partial charge >= 0.3 is 5.97 Å². The summed E-state index contributed by atoms with van der Waals surface area (Å²) in [7, 11) is 0. The van der Waals surface area contributed by atoms with E-state index >= 15 is 0 Å². The Morgan fingerprint density at radius 1 is 1.41 bits per heavy atom. The number of hydrogen-bond acceptors (Lipinski definition) is 3. The predicted octanol–water partition coefficient (Wildman–Crippen LogP) is 3.53. The van der Waals surface area contributed by atoms with Crippen molar-refractivity contribution in [1.82, 2.24) is 0 Å². The van der Waals surface area contributed by atoms with Crippen molar-refractivity contribution < 1.29 is 14.6 Å². The first-order chi connectivity index (χ1) is 8.24. The molecule has 17 heavy (non-hydrogen) atoms. The predicted molar refractivity (Wildman–Crippen MR) is 68.7 cm³/mol. The van der Waals surface area contributed by atoms with E-state index in [2.05, 4.69) is 0 Å². The van der Waals surface area contributed by atoms with Crippen LogP contribution in [0.15, 0.2) is 24.3 Å². The zero-order valence-corrected chi connectivity index (χ0v) is 10.4. The molecule has 0 saturated carbocycles. The Bertz CT molecular complexity index is 530. The third-order valence-electron chi connectivity index (χ3n) is 2.49. The van der Waals surface area contributed by atoms with Crippen LogP contribution in [0.5, 0.6) is 0 Å². The molecule has 0 unspecified atom stereocenters. The fourth-order valence-electron chi connectivity index (χ4n) is 1.73. The van der Waals surface area contributed by atoms with Crippen molar-refractivity contribution in [2.75, 3.05) is 6.61 Å². The molecule has 1 aromatic heterocycles. The Kier molecular flexibility index (Phi) is 3.76. The van der Waals surface area contributed by atoms with Crippen molar-refractivity contribution in [2.45, 2.75) is 20.0 Å². The fourth-order valence-corrected chi connectivity index (χ4v) is 2.78. The molecule has 0 bridgehead atoms. The summed E-state index contributed by atoms with van der Waals surface area (Å²) in [4.78, 5) is 11.6. The van der Waals surface area contributed by atoms with Gasteiger partial charge in [0.15, 0.2) is 0 Å². The average molecular weight is 250 g/mol. The van der Waals surface area contributed by atoms with Crippen LogP contribution in [-0.2, 0) is 11.3 Å². The molecule has 0 aliphatic rings. The van der Waals surface area contributed by atoms with Crippen LogP contribution in [0.4, 0.5) is 0 Å². The maximum Gasteiger partial charge on any atom is 0.346 e. The number of carboxylic acid groups (broad SMARTS) is 1. The highest BCUT2D eigenvalue weighted by atomic mass is 32.1. The van der Waals surface area contributed by atoms with E-state index in [-0.39, 0.29) is 0 Å². The van der Waals surface area contributed by atoms with Crippen molar-refractivity contribution in [2.24, 2.45) is 0 Å². The summed E-state index contributed by atoms with van der Waals surface area (Å²) < 4.78 is 6.47. The van der Waals surface area contributed by atoms with Gasteiger partial charge in [-0.1, -0.05) is 25.1 Å². The minimum Gasteiger partial charge on any atom is -0.477 e. The molecule has 0 aliphatic carbocycles. The SMILES string of the molecule is CCCOCc1c(C(=O)O)sc2ccccc12. The Morgan fingerprint density at radius 3 is 2.88 bits per heavy atom. The van der Waals surface area contributed by atoms with Crippen LogP contribution in [0, 0.1) is 0 Å². The van der Waals surface area contributed by atoms with Crippen LogP contribution >= 0.6 is 11.3 Å². The number of thiophene rings is 1. The molecule has 0 radical (unpaired) electrons. The molecule has 3 nitrogen and oxygen atoms in total. The van der Waals surface area contributed by atoms with Crippen molar-refractivity contribution in [3.8, 4) is 0 Å². The standard InChI is InChI=1S/C13H14O3S/c1-2-7-16-8-10-9-5-3-4-6-11(9)17-12(10)13(14)15/h3-6H,2,7-8H2,1H3,(H,14,15). The van der Waals surface area contributed by atoms with Gasteiger partial charge in [0.05, 0.1) is 6.61 Å². The van der Waals surface area contributed by atoms with Gasteiger partial charge in [0.2, 0.25) is 0 Å². The maximum absolute atomic E-state index is 11.2. The van der Waals surface area contributed by atoms with Crippen LogP contribution in [0.2, 0.25) is 0 Å². The van der Waals surface area contributed by atoms with Gasteiger partial charge in [0.1, 0.15) is 4.88 Å². The van der Waals surface area contributed by atoms with Gasteiger partial charge in [0.25, 0.3) is 0 Å². The van der Waals surface area contributed by atoms with Crippen molar-refractivity contribution in [3.63, 3.8) is 0 Å². The number of carboxylic acids is 1. The molecular formula is C13H14O3S. The lowest BCUT2D eigenvalue weighted by molar-refractivity contribution is 0.0694. The van der Waals surface area contributed by atoms with Gasteiger partial charge < -0.3 is 9.84 Å². The molecule has 0 aliphatic heterocycles. The lowest BCUT2D eigenvalue weighted by atomic mass is 10.1. The van der Waals surface area contributed by atoms with Crippen LogP contribution < -0.4 is 0 Å². The molecule has 2 rings (SSSR count). The van der Waals surface area contributed by atoms with Crippen LogP contribution in [0.3, 0.4) is 0 Å². The fraction of sp³-hybridized carbons (Fsp3) is 0.308. The first kappa shape index (κ1) is 12.1. The highest BCUT2D eigenvalue weighted by Crippen LogP contribution is 2.31. The van der Waals surface area contributed by atoms with E-state index in [0.29, 0.717) is 18.1 Å². The summed E-state index contributed by atoms with van der Waals surface area (Å²) >= 11 is 1.31. The Hall–Kier alpha value is -1.39. The second-order valence-electron chi connectivity index (χ2n) is 3.76. The number of carbonyl (C=O) groups is 1. The molecule has 0 amide bonds. The van der Waals surface area contributed by atoms with Crippen LogP contribution in [0.1, 0.15) is 28.6 Å². The zero-order chi connectivity index (χ0) is 12.3. The van der Waals surface area contributed by atoms with Crippen molar-refractivity contribution in [3.05, 3.63) is 34.7 Å². The first-order valence-electron chi connectivity index (χ1n) is 5.55. The third-order valence-corrected chi connectivity index (χ3v) is 3.69. The topological polar surface area (TPSA) is 46.5 Å². The molecular weight excluding hydrogens is 236 g/mol. The molecule has 1 N–H and O–H groups in total. The molecule has 1 heterocycles. The smallest absolute Gasteiger partial charge is 0.346 e. The van der Waals surface area contributed by atoms with E-state index in [4.69, 9.17) is 4.74 Å². The Balaban J connectivity index is 2.41. The normalized spacial score (nSPS) is 10.9. The van der Waals surface area contributed by atoms with Crippen molar-refractivity contribution in [1.29, 1.82) is 0 Å². The number of ether oxygens (including phenoxy) is 1. The molecule has 0 saturated heterocycles. The van der Waals surface area contributed by atoms with Crippen LogP contribution in [0.25, 0.3) is 10.1 Å². The van der Waals surface area contributed by atoms with E-state index in [1.807, 2.05) is 31.2 Å². The largest absolute Gasteiger partial charge is 0.477 e. The lowest BCUT2D eigenvalue weighted by Crippen LogP contribution is -2.01. The molecule has 0 fully saturated rings. The lowest BCUT2D eigenvalue weighted by Gasteiger charge is -2.03. The summed E-state index contributed by atoms with van der Waals surface area (Å²) in [5.41, 5.74) is 0.798. The van der Waals surface area contributed by atoms with Gasteiger partial charge in [-0.2, -0.15) is 0 Å². The number of benzene rings is 1. The van der Waals surface area contributed by atoms with Crippen molar-refractivity contribution >= 4 is 27.4 Å². The van der Waals surface area contributed by atoms with Gasteiger partial charge in [-0.05, 0) is 17.9 Å². The van der Waals surface area contributed by atoms with E-state index in [9.17, 15) is 9.90 Å². The highest BCUT2D eigenvalue weighted by molar-refractivity contribution is 7.21. The van der Waals surface area contributed by atoms with E-state index in [0.717, 1.165) is 22.1 Å². The third kappa shape index (κ3) is 2.48. The zero-order valence-electron chi connectivity index (χ0n) is 9.60. The number of fused-ring (bicyclic) bond motifs is 1. The summed E-state index contributed by atoms with van der Waals surface area (Å²) in [6.45, 7) is 3.06. The summed E-state index contributed by atoms with van der Waals surface area (Å²) in [6.07, 6.45) is 0.935. The molecule has 4 heteroatoms. The second kappa shape index (κ2) is 5.29. The summed E-state index contributed by atoms with van der Waals surface area (Å²) in [5, 5.41) is 10.2. The summed E-state index contributed by atoms with van der Waals surface area (Å²) in [6, 6.07) is 7.73. The second-order valence-corrected chi connectivity index (χ2v) is 4.82. The van der Waals surface area contributed by atoms with Gasteiger partial charge in [-0.15, -0.1) is 11.3 Å². The highest BCUT2D eigenvalue weighted by Gasteiger charge is 2.17. The van der Waals surface area contributed by atoms with Crippen LogP contribution in [-0.4, -0.2) is 17.7 Å². The quantitative estimate of drug-likeness (QED) is 0.826. The van der Waals surface area contributed by atoms with Gasteiger partial charge in [-0.25, -0.2) is 4.79 Å². The minimum absolute atomic E-state index is 0.374.